The molecule has 2 aliphatic heterocycles. The van der Waals surface area contributed by atoms with Gasteiger partial charge in [-0.2, -0.15) is 5.26 Å². The molecule has 1 amide bonds. The number of carboxylic acid groups (broad SMARTS) is 1. The van der Waals surface area contributed by atoms with E-state index in [2.05, 4.69) is 26.2 Å². The summed E-state index contributed by atoms with van der Waals surface area (Å²) in [5.41, 5.74) is 8.84. The number of carbonyl (C=O) groups excluding carboxylic acids is 1. The van der Waals surface area contributed by atoms with Crippen LogP contribution in [0.2, 0.25) is 0 Å². The maximum Gasteiger partial charge on any atom is 0.307 e. The van der Waals surface area contributed by atoms with Gasteiger partial charge in [-0.15, -0.1) is 0 Å². The molecule has 3 aromatic heterocycles. The second kappa shape index (κ2) is 13.7. The van der Waals surface area contributed by atoms with Gasteiger partial charge in [0.25, 0.3) is 5.91 Å². The fourth-order valence-corrected chi connectivity index (χ4v) is 7.38. The Morgan fingerprint density at radius 2 is 1.90 bits per heavy atom. The third-order valence-electron chi connectivity index (χ3n) is 10.1. The largest absolute Gasteiger partial charge is 0.481 e. The van der Waals surface area contributed by atoms with Gasteiger partial charge in [0.2, 0.25) is 5.89 Å². The van der Waals surface area contributed by atoms with Crippen LogP contribution in [0.5, 0.6) is 0 Å². The minimum atomic E-state index is -0.783. The first kappa shape index (κ1) is 34.0. The van der Waals surface area contributed by atoms with E-state index in [9.17, 15) is 25.1 Å². The number of aromatic nitrogens is 4. The van der Waals surface area contributed by atoms with E-state index in [0.717, 1.165) is 52.2 Å². The number of β-amino-alcohol motifs (C(OH)–C–C–N with tert-alkyl or cyclic N) is 1. The normalized spacial score (nSPS) is 17.0. The second-order valence-electron chi connectivity index (χ2n) is 13.7. The highest BCUT2D eigenvalue weighted by molar-refractivity contribution is 6.03. The predicted octanol–water partition coefficient (Wildman–Crippen LogP) is 4.68. The molecule has 1 fully saturated rings. The van der Waals surface area contributed by atoms with Crippen molar-refractivity contribution in [3.05, 3.63) is 82.2 Å². The number of fused-ring (bicyclic) bond motifs is 2. The van der Waals surface area contributed by atoms with Gasteiger partial charge in [0.15, 0.2) is 11.4 Å². The van der Waals surface area contributed by atoms with Crippen LogP contribution in [0.25, 0.3) is 33.7 Å². The number of anilines is 1. The molecule has 262 valence electrons. The summed E-state index contributed by atoms with van der Waals surface area (Å²) in [6.45, 7) is 9.30. The predicted molar refractivity (Wildman–Crippen MR) is 190 cm³/mol. The zero-order chi connectivity index (χ0) is 36.0. The third-order valence-corrected chi connectivity index (χ3v) is 10.1. The Labute approximate surface area is 295 Å². The summed E-state index contributed by atoms with van der Waals surface area (Å²) in [5, 5.41) is 32.3. The van der Waals surface area contributed by atoms with Crippen molar-refractivity contribution in [3.63, 3.8) is 0 Å². The highest BCUT2D eigenvalue weighted by Gasteiger charge is 2.29. The number of aliphatic hydroxyl groups is 1. The van der Waals surface area contributed by atoms with Crippen molar-refractivity contribution in [1.82, 2.24) is 29.3 Å². The van der Waals surface area contributed by atoms with Crippen molar-refractivity contribution in [2.75, 3.05) is 31.5 Å². The first-order valence-electron chi connectivity index (χ1n) is 17.1. The number of carbonyl (C=O) groups is 2. The molecule has 7 rings (SSSR count). The minimum absolute atomic E-state index is 0.302. The van der Waals surface area contributed by atoms with E-state index in [-0.39, 0.29) is 11.8 Å². The zero-order valence-electron chi connectivity index (χ0n) is 29.1. The fourth-order valence-electron chi connectivity index (χ4n) is 7.38. The SMILES string of the molecule is Cc1c(NC(=O)c2nc3c(n2C)CCN(CC(C)O)C3)cccc1-c1cncc(-c2nc3cc(CN4CC[C@@H](C(=O)O)C4)cc(C#N)c3o2)c1C. The Hall–Kier alpha value is -5.42. The van der Waals surface area contributed by atoms with Crippen LogP contribution in [-0.4, -0.2) is 83.7 Å². The van der Waals surface area contributed by atoms with E-state index in [1.54, 1.807) is 25.4 Å². The quantitative estimate of drug-likeness (QED) is 0.196. The summed E-state index contributed by atoms with van der Waals surface area (Å²) in [4.78, 5) is 43.3. The standard InChI is InChI=1S/C38H40N8O5/c1-21(47)17-45-11-9-33-32(20-45)41-35(44(33)4)36(48)42-30-7-5-6-27(23(30)3)28-15-40-16-29(22(28)2)37-43-31-13-24(12-26(14-39)34(31)51-37)18-46-10-8-25(19-46)38(49)50/h5-7,12-13,15-16,21,25,47H,8-11,17-20H2,1-4H3,(H,42,48)(H,49,50)/t21?,25-/m1/s1. The molecule has 1 unspecified atom stereocenters. The molecule has 3 N–H and O–H groups in total. The van der Waals surface area contributed by atoms with Gasteiger partial charge in [-0.25, -0.2) is 9.97 Å². The Bertz CT molecular complexity index is 2210. The maximum absolute atomic E-state index is 13.6. The van der Waals surface area contributed by atoms with E-state index in [4.69, 9.17) is 14.4 Å². The number of hydrogen-bond donors (Lipinski definition) is 3. The van der Waals surface area contributed by atoms with E-state index in [0.29, 0.717) is 78.8 Å². The molecule has 0 radical (unpaired) electrons. The van der Waals surface area contributed by atoms with Crippen LogP contribution >= 0.6 is 0 Å². The zero-order valence-corrected chi connectivity index (χ0v) is 29.1. The molecular weight excluding hydrogens is 648 g/mol. The lowest BCUT2D eigenvalue weighted by molar-refractivity contribution is -0.141. The van der Waals surface area contributed by atoms with Crippen molar-refractivity contribution in [3.8, 4) is 28.7 Å². The lowest BCUT2D eigenvalue weighted by Crippen LogP contribution is -2.36. The van der Waals surface area contributed by atoms with Crippen LogP contribution in [0.4, 0.5) is 5.69 Å². The number of carboxylic acids is 1. The molecule has 2 aliphatic rings. The van der Waals surface area contributed by atoms with E-state index >= 15 is 0 Å². The van der Waals surface area contributed by atoms with E-state index in [1.165, 1.54) is 0 Å². The number of pyridine rings is 1. The first-order valence-corrected chi connectivity index (χ1v) is 17.1. The smallest absolute Gasteiger partial charge is 0.307 e. The van der Waals surface area contributed by atoms with E-state index in [1.807, 2.05) is 49.7 Å². The topological polar surface area (TPSA) is 174 Å². The molecule has 5 heterocycles. The summed E-state index contributed by atoms with van der Waals surface area (Å²) in [5.74, 6) is -0.792. The van der Waals surface area contributed by atoms with Gasteiger partial charge < -0.3 is 24.5 Å². The molecule has 0 spiro atoms. The van der Waals surface area contributed by atoms with Gasteiger partial charge in [-0.3, -0.25) is 24.4 Å². The number of amides is 1. The average Bonchev–Trinajstić information content (AvgIpc) is 3.83. The fraction of sp³-hybridized carbons (Fsp3) is 0.368. The molecule has 0 aliphatic carbocycles. The molecule has 1 saturated heterocycles. The minimum Gasteiger partial charge on any atom is -0.481 e. The number of hydrogen-bond acceptors (Lipinski definition) is 10. The van der Waals surface area contributed by atoms with Gasteiger partial charge in [0, 0.05) is 75.5 Å². The number of aliphatic hydroxyl groups excluding tert-OH is 1. The van der Waals surface area contributed by atoms with Crippen molar-refractivity contribution < 1.29 is 24.2 Å². The maximum atomic E-state index is 13.6. The van der Waals surface area contributed by atoms with Crippen molar-refractivity contribution >= 4 is 28.7 Å². The number of aliphatic carboxylic acids is 1. The number of likely N-dealkylation sites (tertiary alicyclic amines) is 1. The summed E-state index contributed by atoms with van der Waals surface area (Å²) < 4.78 is 8.07. The molecule has 2 aromatic carbocycles. The van der Waals surface area contributed by atoms with Gasteiger partial charge in [0.05, 0.1) is 28.8 Å². The van der Waals surface area contributed by atoms with Crippen molar-refractivity contribution in [2.24, 2.45) is 13.0 Å². The van der Waals surface area contributed by atoms with Gasteiger partial charge >= 0.3 is 5.97 Å². The van der Waals surface area contributed by atoms with E-state index < -0.39 is 12.1 Å². The number of nitrogens with zero attached hydrogens (tertiary/aromatic N) is 7. The van der Waals surface area contributed by atoms with Crippen LogP contribution in [0.1, 0.15) is 57.6 Å². The monoisotopic (exact) mass is 688 g/mol. The summed E-state index contributed by atoms with van der Waals surface area (Å²) >= 11 is 0. The Morgan fingerprint density at radius 3 is 2.65 bits per heavy atom. The Kier molecular flexibility index (Phi) is 9.15. The third kappa shape index (κ3) is 6.61. The molecule has 13 heteroatoms. The number of nitrogens with one attached hydrogen (secondary N) is 1. The van der Waals surface area contributed by atoms with Gasteiger partial charge in [-0.1, -0.05) is 12.1 Å². The van der Waals surface area contributed by atoms with Gasteiger partial charge in [-0.05, 0) is 74.2 Å². The molecule has 5 aromatic rings. The highest BCUT2D eigenvalue weighted by Crippen LogP contribution is 2.36. The second-order valence-corrected chi connectivity index (χ2v) is 13.7. The van der Waals surface area contributed by atoms with Crippen LogP contribution in [0.15, 0.2) is 47.1 Å². The molecule has 51 heavy (non-hydrogen) atoms. The molecule has 13 nitrogen and oxygen atoms in total. The number of nitriles is 1. The van der Waals surface area contributed by atoms with Crippen molar-refractivity contribution in [1.29, 1.82) is 5.26 Å². The lowest BCUT2D eigenvalue weighted by Gasteiger charge is -2.27. The lowest BCUT2D eigenvalue weighted by atomic mass is 9.95. The van der Waals surface area contributed by atoms with Crippen LogP contribution < -0.4 is 5.32 Å². The number of rotatable bonds is 9. The number of oxazole rings is 1. The molecule has 0 saturated carbocycles. The van der Waals surface area contributed by atoms with Crippen molar-refractivity contribution in [2.45, 2.75) is 52.8 Å². The average molecular weight is 689 g/mol. The molecule has 2 atom stereocenters. The summed E-state index contributed by atoms with van der Waals surface area (Å²) in [6, 6.07) is 11.6. The first-order chi connectivity index (χ1) is 24.5. The van der Waals surface area contributed by atoms with Crippen LogP contribution in [0, 0.1) is 31.1 Å². The summed E-state index contributed by atoms with van der Waals surface area (Å²) in [6.07, 6.45) is 4.39. The van der Waals surface area contributed by atoms with Gasteiger partial charge in [0.1, 0.15) is 11.6 Å². The number of imidazole rings is 1. The summed E-state index contributed by atoms with van der Waals surface area (Å²) in [7, 11) is 1.87. The van der Waals surface area contributed by atoms with Crippen LogP contribution in [-0.2, 0) is 31.4 Å². The molecular formula is C38H40N8O5. The molecule has 0 bridgehead atoms. The highest BCUT2D eigenvalue weighted by atomic mass is 16.4. The Morgan fingerprint density at radius 1 is 1.10 bits per heavy atom. The number of benzene rings is 2. The Balaban J connectivity index is 1.14. The van der Waals surface area contributed by atoms with Crippen LogP contribution in [0.3, 0.4) is 0 Å².